The van der Waals surface area contributed by atoms with E-state index in [0.29, 0.717) is 17.1 Å². The zero-order chi connectivity index (χ0) is 17.5. The first-order chi connectivity index (χ1) is 11.5. The number of nitrogens with zero attached hydrogens (tertiary/aromatic N) is 2. The van der Waals surface area contributed by atoms with Gasteiger partial charge in [0.2, 0.25) is 0 Å². The molecule has 0 atom stereocenters. The maximum Gasteiger partial charge on any atom is 0.269 e. The van der Waals surface area contributed by atoms with E-state index in [-0.39, 0.29) is 12.3 Å². The number of oxime groups is 1. The summed E-state index contributed by atoms with van der Waals surface area (Å²) in [6, 6.07) is 9.88. The van der Waals surface area contributed by atoms with Crippen molar-refractivity contribution in [3.8, 4) is 11.5 Å². The highest BCUT2D eigenvalue weighted by Crippen LogP contribution is 2.29. The van der Waals surface area contributed by atoms with E-state index in [1.54, 1.807) is 38.6 Å². The van der Waals surface area contributed by atoms with Crippen LogP contribution in [0.1, 0.15) is 16.7 Å². The van der Waals surface area contributed by atoms with Gasteiger partial charge in [-0.05, 0) is 30.2 Å². The molecule has 0 fully saturated rings. The van der Waals surface area contributed by atoms with E-state index >= 15 is 0 Å². The van der Waals surface area contributed by atoms with Gasteiger partial charge in [0.05, 0.1) is 25.4 Å². The normalized spacial score (nSPS) is 10.6. The number of non-ortho nitro benzene ring substituents is 1. The van der Waals surface area contributed by atoms with Gasteiger partial charge in [-0.2, -0.15) is 0 Å². The second-order valence-electron chi connectivity index (χ2n) is 5.00. The zero-order valence-electron chi connectivity index (χ0n) is 13.7. The van der Waals surface area contributed by atoms with Crippen LogP contribution in [0, 0.1) is 17.0 Å². The molecule has 7 nitrogen and oxygen atoms in total. The van der Waals surface area contributed by atoms with Crippen molar-refractivity contribution in [3.05, 3.63) is 63.2 Å². The number of hydrogen-bond donors (Lipinski definition) is 0. The second-order valence-corrected chi connectivity index (χ2v) is 5.00. The summed E-state index contributed by atoms with van der Waals surface area (Å²) in [4.78, 5) is 15.5. The first-order valence-electron chi connectivity index (χ1n) is 7.16. The van der Waals surface area contributed by atoms with Gasteiger partial charge in [0.15, 0.2) is 11.5 Å². The number of ether oxygens (including phenoxy) is 2. The number of nitro groups is 1. The molecule has 0 radical (unpaired) electrons. The molecule has 0 aliphatic heterocycles. The summed E-state index contributed by atoms with van der Waals surface area (Å²) in [5.74, 6) is 1.24. The molecule has 0 saturated carbocycles. The van der Waals surface area contributed by atoms with E-state index in [1.807, 2.05) is 13.0 Å². The Labute approximate surface area is 139 Å². The second kappa shape index (κ2) is 7.96. The quantitative estimate of drug-likeness (QED) is 0.441. The van der Waals surface area contributed by atoms with Crippen LogP contribution < -0.4 is 9.47 Å². The summed E-state index contributed by atoms with van der Waals surface area (Å²) >= 11 is 0. The predicted molar refractivity (Wildman–Crippen MR) is 89.8 cm³/mol. The molecule has 126 valence electrons. The summed E-state index contributed by atoms with van der Waals surface area (Å²) in [5, 5.41) is 14.6. The standard InChI is InChI=1S/C17H18N2O5/c1-12-7-16(22-2)17(23-3)9-14(12)10-18-24-11-13-5-4-6-15(8-13)19(20)21/h4-10H,11H2,1-3H3/b18-10-. The molecule has 0 aliphatic carbocycles. The van der Waals surface area contributed by atoms with Crippen molar-refractivity contribution in [2.24, 2.45) is 5.16 Å². The Morgan fingerprint density at radius 1 is 1.17 bits per heavy atom. The monoisotopic (exact) mass is 330 g/mol. The Hall–Kier alpha value is -3.09. The first-order valence-corrected chi connectivity index (χ1v) is 7.16. The number of aryl methyl sites for hydroxylation is 1. The molecule has 0 heterocycles. The lowest BCUT2D eigenvalue weighted by atomic mass is 10.1. The molecule has 0 N–H and O–H groups in total. The maximum absolute atomic E-state index is 10.7. The average molecular weight is 330 g/mol. The van der Waals surface area contributed by atoms with Gasteiger partial charge in [0.25, 0.3) is 5.69 Å². The average Bonchev–Trinajstić information content (AvgIpc) is 2.59. The summed E-state index contributed by atoms with van der Waals surface area (Å²) in [6.07, 6.45) is 1.56. The molecule has 24 heavy (non-hydrogen) atoms. The van der Waals surface area contributed by atoms with Crippen LogP contribution in [-0.2, 0) is 11.4 Å². The summed E-state index contributed by atoms with van der Waals surface area (Å²) in [5.41, 5.74) is 2.48. The summed E-state index contributed by atoms with van der Waals surface area (Å²) in [6.45, 7) is 2.06. The van der Waals surface area contributed by atoms with E-state index in [0.717, 1.165) is 11.1 Å². The van der Waals surface area contributed by atoms with Crippen LogP contribution in [0.4, 0.5) is 5.69 Å². The fraction of sp³-hybridized carbons (Fsp3) is 0.235. The Morgan fingerprint density at radius 3 is 2.54 bits per heavy atom. The van der Waals surface area contributed by atoms with Gasteiger partial charge in [0, 0.05) is 17.7 Å². The van der Waals surface area contributed by atoms with E-state index in [4.69, 9.17) is 14.3 Å². The van der Waals surface area contributed by atoms with E-state index in [1.165, 1.54) is 12.1 Å². The minimum absolute atomic E-state index is 0.0239. The molecular formula is C17H18N2O5. The summed E-state index contributed by atoms with van der Waals surface area (Å²) < 4.78 is 10.5. The molecule has 0 spiro atoms. The third-order valence-electron chi connectivity index (χ3n) is 3.39. The lowest BCUT2D eigenvalue weighted by Gasteiger charge is -2.10. The SMILES string of the molecule is COc1cc(C)c(/C=N\OCc2cccc([N+](=O)[O-])c2)cc1OC. The largest absolute Gasteiger partial charge is 0.493 e. The minimum Gasteiger partial charge on any atom is -0.493 e. The van der Waals surface area contributed by atoms with Crippen molar-refractivity contribution in [1.82, 2.24) is 0 Å². The number of hydrogen-bond acceptors (Lipinski definition) is 6. The highest BCUT2D eigenvalue weighted by atomic mass is 16.6. The van der Waals surface area contributed by atoms with E-state index < -0.39 is 4.92 Å². The number of nitro benzene ring substituents is 1. The van der Waals surface area contributed by atoms with Gasteiger partial charge in [-0.15, -0.1) is 0 Å². The molecule has 2 aromatic rings. The lowest BCUT2D eigenvalue weighted by Crippen LogP contribution is -1.96. The molecule has 0 aromatic heterocycles. The highest BCUT2D eigenvalue weighted by Gasteiger charge is 2.08. The fourth-order valence-electron chi connectivity index (χ4n) is 2.10. The number of rotatable bonds is 7. The molecule has 2 rings (SSSR count). The third-order valence-corrected chi connectivity index (χ3v) is 3.39. The van der Waals surface area contributed by atoms with Gasteiger partial charge < -0.3 is 14.3 Å². The smallest absolute Gasteiger partial charge is 0.269 e. The minimum atomic E-state index is -0.445. The van der Waals surface area contributed by atoms with Crippen molar-refractivity contribution < 1.29 is 19.2 Å². The van der Waals surface area contributed by atoms with E-state index in [9.17, 15) is 10.1 Å². The Kier molecular flexibility index (Phi) is 5.73. The van der Waals surface area contributed by atoms with Crippen molar-refractivity contribution in [1.29, 1.82) is 0 Å². The van der Waals surface area contributed by atoms with Gasteiger partial charge in [-0.3, -0.25) is 10.1 Å². The van der Waals surface area contributed by atoms with Crippen LogP contribution in [0.15, 0.2) is 41.6 Å². The van der Waals surface area contributed by atoms with Gasteiger partial charge in [-0.1, -0.05) is 17.3 Å². The predicted octanol–water partition coefficient (Wildman–Crippen LogP) is 3.47. The van der Waals surface area contributed by atoms with Crippen molar-refractivity contribution in [2.45, 2.75) is 13.5 Å². The van der Waals surface area contributed by atoms with Crippen LogP contribution in [0.5, 0.6) is 11.5 Å². The number of benzene rings is 2. The Morgan fingerprint density at radius 2 is 1.88 bits per heavy atom. The number of methoxy groups -OCH3 is 2. The maximum atomic E-state index is 10.7. The molecular weight excluding hydrogens is 312 g/mol. The van der Waals surface area contributed by atoms with Crippen molar-refractivity contribution in [3.63, 3.8) is 0 Å². The van der Waals surface area contributed by atoms with Crippen LogP contribution in [0.25, 0.3) is 0 Å². The van der Waals surface area contributed by atoms with Gasteiger partial charge in [0.1, 0.15) is 6.61 Å². The van der Waals surface area contributed by atoms with Crippen molar-refractivity contribution in [2.75, 3.05) is 14.2 Å². The summed E-state index contributed by atoms with van der Waals surface area (Å²) in [7, 11) is 3.14. The molecule has 0 bridgehead atoms. The lowest BCUT2D eigenvalue weighted by molar-refractivity contribution is -0.384. The molecule has 2 aromatic carbocycles. The Bertz CT molecular complexity index is 759. The first kappa shape index (κ1) is 17.3. The zero-order valence-corrected chi connectivity index (χ0v) is 13.7. The molecule has 7 heteroatoms. The Balaban J connectivity index is 2.04. The van der Waals surface area contributed by atoms with Gasteiger partial charge in [-0.25, -0.2) is 0 Å². The van der Waals surface area contributed by atoms with Crippen LogP contribution in [-0.4, -0.2) is 25.4 Å². The topological polar surface area (TPSA) is 83.2 Å². The highest BCUT2D eigenvalue weighted by molar-refractivity contribution is 5.82. The molecule has 0 aliphatic rings. The van der Waals surface area contributed by atoms with Crippen LogP contribution in [0.3, 0.4) is 0 Å². The van der Waals surface area contributed by atoms with Gasteiger partial charge >= 0.3 is 0 Å². The molecule has 0 unspecified atom stereocenters. The fourth-order valence-corrected chi connectivity index (χ4v) is 2.10. The molecule has 0 amide bonds. The van der Waals surface area contributed by atoms with Crippen LogP contribution >= 0.6 is 0 Å². The third kappa shape index (κ3) is 4.22. The van der Waals surface area contributed by atoms with Crippen molar-refractivity contribution >= 4 is 11.9 Å². The van der Waals surface area contributed by atoms with E-state index in [2.05, 4.69) is 5.16 Å². The van der Waals surface area contributed by atoms with Crippen LogP contribution in [0.2, 0.25) is 0 Å². The molecule has 0 saturated heterocycles.